The maximum atomic E-state index is 14.3. The zero-order valence-corrected chi connectivity index (χ0v) is 18.3. The lowest BCUT2D eigenvalue weighted by molar-refractivity contribution is -0.139. The first kappa shape index (κ1) is 23.0. The number of ketones is 1. The summed E-state index contributed by atoms with van der Waals surface area (Å²) in [6, 6.07) is 7.54. The van der Waals surface area contributed by atoms with E-state index >= 15 is 0 Å². The summed E-state index contributed by atoms with van der Waals surface area (Å²) in [5, 5.41) is 0. The molecule has 1 atom stereocenters. The fourth-order valence-electron chi connectivity index (χ4n) is 3.79. The van der Waals surface area contributed by atoms with Gasteiger partial charge in [0.05, 0.1) is 13.2 Å². The van der Waals surface area contributed by atoms with Crippen molar-refractivity contribution in [1.82, 2.24) is 4.90 Å². The van der Waals surface area contributed by atoms with Crippen LogP contribution in [0.4, 0.5) is 8.78 Å². The third-order valence-electron chi connectivity index (χ3n) is 5.61. The van der Waals surface area contributed by atoms with Crippen LogP contribution in [0.2, 0.25) is 0 Å². The summed E-state index contributed by atoms with van der Waals surface area (Å²) in [7, 11) is 0. The predicted molar refractivity (Wildman–Crippen MR) is 114 cm³/mol. The molecule has 2 heterocycles. The zero-order valence-electron chi connectivity index (χ0n) is 18.3. The lowest BCUT2D eigenvalue weighted by Gasteiger charge is -2.33. The molecule has 1 saturated heterocycles. The van der Waals surface area contributed by atoms with E-state index in [1.54, 1.807) is 11.8 Å². The summed E-state index contributed by atoms with van der Waals surface area (Å²) >= 11 is 0. The number of carbonyl (C=O) groups is 2. The molecule has 2 aliphatic heterocycles. The minimum absolute atomic E-state index is 0.0343. The van der Waals surface area contributed by atoms with Gasteiger partial charge in [-0.05, 0) is 36.2 Å². The van der Waals surface area contributed by atoms with Crippen molar-refractivity contribution in [2.24, 2.45) is 0 Å². The number of hydrogen-bond acceptors (Lipinski definition) is 6. The van der Waals surface area contributed by atoms with Gasteiger partial charge in [0.25, 0.3) is 0 Å². The molecule has 33 heavy (non-hydrogen) atoms. The quantitative estimate of drug-likeness (QED) is 0.560. The van der Waals surface area contributed by atoms with E-state index in [2.05, 4.69) is 0 Å². The van der Waals surface area contributed by atoms with Gasteiger partial charge in [-0.1, -0.05) is 13.0 Å². The molecule has 9 heteroatoms. The summed E-state index contributed by atoms with van der Waals surface area (Å²) in [6.07, 6.45) is 0.480. The summed E-state index contributed by atoms with van der Waals surface area (Å²) in [5.41, 5.74) is 0.935. The van der Waals surface area contributed by atoms with Crippen molar-refractivity contribution in [2.45, 2.75) is 32.3 Å². The average molecular weight is 461 g/mol. The second kappa shape index (κ2) is 10.2. The van der Waals surface area contributed by atoms with Gasteiger partial charge in [-0.3, -0.25) is 9.59 Å². The molecule has 2 aliphatic rings. The molecule has 0 N–H and O–H groups in total. The minimum atomic E-state index is -0.945. The van der Waals surface area contributed by atoms with E-state index in [0.29, 0.717) is 37.5 Å². The van der Waals surface area contributed by atoms with Crippen molar-refractivity contribution in [3.05, 3.63) is 53.1 Å². The molecule has 0 saturated carbocycles. The van der Waals surface area contributed by atoms with E-state index in [1.807, 2.05) is 18.2 Å². The van der Waals surface area contributed by atoms with Crippen molar-refractivity contribution in [2.75, 3.05) is 33.1 Å². The van der Waals surface area contributed by atoms with E-state index in [-0.39, 0.29) is 43.6 Å². The molecule has 7 nitrogen and oxygen atoms in total. The SMILES string of the molecule is CCC(=O)c1cc(F)c(OCC2CN(C(=O)CCc3ccc4c(c3)OCO4)CCO2)c(F)c1. The van der Waals surface area contributed by atoms with Gasteiger partial charge in [-0.15, -0.1) is 0 Å². The highest BCUT2D eigenvalue weighted by Crippen LogP contribution is 2.33. The Labute approximate surface area is 190 Å². The summed E-state index contributed by atoms with van der Waals surface area (Å²) < 4.78 is 50.1. The number of benzene rings is 2. The van der Waals surface area contributed by atoms with Crippen LogP contribution in [-0.4, -0.2) is 55.8 Å². The Kier molecular flexibility index (Phi) is 7.08. The van der Waals surface area contributed by atoms with Crippen molar-refractivity contribution >= 4 is 11.7 Å². The number of Topliss-reactive ketones (excluding diaryl/α,β-unsaturated/α-hetero) is 1. The van der Waals surface area contributed by atoms with Crippen LogP contribution < -0.4 is 14.2 Å². The number of aryl methyl sites for hydroxylation is 1. The Bertz CT molecular complexity index is 1020. The Morgan fingerprint density at radius 1 is 1.12 bits per heavy atom. The van der Waals surface area contributed by atoms with Gasteiger partial charge in [0.2, 0.25) is 12.7 Å². The van der Waals surface area contributed by atoms with Gasteiger partial charge < -0.3 is 23.8 Å². The van der Waals surface area contributed by atoms with E-state index in [0.717, 1.165) is 17.7 Å². The Morgan fingerprint density at radius 3 is 2.64 bits per heavy atom. The topological polar surface area (TPSA) is 74.3 Å². The largest absolute Gasteiger partial charge is 0.485 e. The summed E-state index contributed by atoms with van der Waals surface area (Å²) in [4.78, 5) is 26.0. The van der Waals surface area contributed by atoms with Crippen molar-refractivity contribution in [1.29, 1.82) is 0 Å². The summed E-state index contributed by atoms with van der Waals surface area (Å²) in [5.74, 6) is -1.47. The number of hydrogen-bond donors (Lipinski definition) is 0. The standard InChI is InChI=1S/C24H25F2NO6/c1-2-20(28)16-10-18(25)24(19(26)11-16)31-13-17-12-27(7-8-30-17)23(29)6-4-15-3-5-21-22(9-15)33-14-32-21/h3,5,9-11,17H,2,4,6-8,12-14H2,1H3. The van der Waals surface area contributed by atoms with Crippen LogP contribution in [0.5, 0.6) is 17.2 Å². The van der Waals surface area contributed by atoms with E-state index < -0.39 is 23.5 Å². The first-order valence-corrected chi connectivity index (χ1v) is 10.9. The molecule has 0 aromatic heterocycles. The molecule has 0 spiro atoms. The maximum absolute atomic E-state index is 14.3. The van der Waals surface area contributed by atoms with Crippen molar-refractivity contribution in [3.8, 4) is 17.2 Å². The minimum Gasteiger partial charge on any atom is -0.485 e. The van der Waals surface area contributed by atoms with Gasteiger partial charge in [0.1, 0.15) is 12.7 Å². The Hall–Kier alpha value is -3.20. The van der Waals surface area contributed by atoms with Crippen molar-refractivity contribution < 1.29 is 37.3 Å². The molecule has 0 bridgehead atoms. The molecule has 4 rings (SSSR count). The highest BCUT2D eigenvalue weighted by molar-refractivity contribution is 5.96. The Morgan fingerprint density at radius 2 is 1.88 bits per heavy atom. The normalized spacial score (nSPS) is 17.2. The predicted octanol–water partition coefficient (Wildman–Crippen LogP) is 3.53. The second-order valence-electron chi connectivity index (χ2n) is 7.88. The number of rotatable bonds is 8. The molecule has 176 valence electrons. The molecular formula is C24H25F2NO6. The first-order valence-electron chi connectivity index (χ1n) is 10.9. The third kappa shape index (κ3) is 5.42. The van der Waals surface area contributed by atoms with Crippen LogP contribution in [0.25, 0.3) is 0 Å². The van der Waals surface area contributed by atoms with Gasteiger partial charge in [-0.25, -0.2) is 8.78 Å². The highest BCUT2D eigenvalue weighted by atomic mass is 19.1. The highest BCUT2D eigenvalue weighted by Gasteiger charge is 2.26. The van der Waals surface area contributed by atoms with E-state index in [4.69, 9.17) is 18.9 Å². The van der Waals surface area contributed by atoms with Crippen LogP contribution in [0.1, 0.15) is 35.7 Å². The van der Waals surface area contributed by atoms with E-state index in [9.17, 15) is 18.4 Å². The number of fused-ring (bicyclic) bond motifs is 1. The van der Waals surface area contributed by atoms with Crippen LogP contribution >= 0.6 is 0 Å². The molecular weight excluding hydrogens is 436 g/mol. The number of nitrogens with zero attached hydrogens (tertiary/aromatic N) is 1. The fourth-order valence-corrected chi connectivity index (χ4v) is 3.79. The average Bonchev–Trinajstić information content (AvgIpc) is 3.29. The lowest BCUT2D eigenvalue weighted by atomic mass is 10.1. The summed E-state index contributed by atoms with van der Waals surface area (Å²) in [6.45, 7) is 2.69. The third-order valence-corrected chi connectivity index (χ3v) is 5.61. The maximum Gasteiger partial charge on any atom is 0.231 e. The van der Waals surface area contributed by atoms with Gasteiger partial charge >= 0.3 is 0 Å². The number of ether oxygens (including phenoxy) is 4. The first-order chi connectivity index (χ1) is 15.9. The van der Waals surface area contributed by atoms with E-state index in [1.165, 1.54) is 0 Å². The van der Waals surface area contributed by atoms with Crippen molar-refractivity contribution in [3.63, 3.8) is 0 Å². The Balaban J connectivity index is 1.29. The molecule has 0 aliphatic carbocycles. The lowest BCUT2D eigenvalue weighted by Crippen LogP contribution is -2.47. The number of halogens is 2. The smallest absolute Gasteiger partial charge is 0.231 e. The van der Waals surface area contributed by atoms with Crippen LogP contribution in [0.3, 0.4) is 0 Å². The number of amides is 1. The molecule has 0 radical (unpaired) electrons. The molecule has 1 unspecified atom stereocenters. The van der Waals surface area contributed by atoms with Crippen LogP contribution in [-0.2, 0) is 16.0 Å². The molecule has 2 aromatic carbocycles. The second-order valence-corrected chi connectivity index (χ2v) is 7.88. The monoisotopic (exact) mass is 461 g/mol. The fraction of sp³-hybridized carbons (Fsp3) is 0.417. The van der Waals surface area contributed by atoms with Gasteiger partial charge in [0, 0.05) is 24.9 Å². The van der Waals surface area contributed by atoms with Crippen LogP contribution in [0, 0.1) is 11.6 Å². The zero-order chi connectivity index (χ0) is 23.4. The van der Waals surface area contributed by atoms with Crippen LogP contribution in [0.15, 0.2) is 30.3 Å². The molecule has 1 fully saturated rings. The van der Waals surface area contributed by atoms with Gasteiger partial charge in [0.15, 0.2) is 34.7 Å². The van der Waals surface area contributed by atoms with Gasteiger partial charge in [-0.2, -0.15) is 0 Å². The number of carbonyl (C=O) groups excluding carboxylic acids is 2. The molecule has 1 amide bonds. The number of morpholine rings is 1. The molecule has 2 aromatic rings.